The van der Waals surface area contributed by atoms with E-state index in [1.165, 1.54) is 0 Å². The number of benzene rings is 1. The molecule has 16 heavy (non-hydrogen) atoms. The maximum Gasteiger partial charge on any atom is 0.358 e. The first-order valence-electron chi connectivity index (χ1n) is 4.69. The summed E-state index contributed by atoms with van der Waals surface area (Å²) in [5.41, 5.74) is 0.350. The summed E-state index contributed by atoms with van der Waals surface area (Å²) in [6.45, 7) is -0.359. The normalized spacial score (nSPS) is 11.8. The molecule has 1 aromatic carbocycles. The molecule has 0 amide bonds. The molecule has 1 radical (unpaired) electrons. The van der Waals surface area contributed by atoms with Gasteiger partial charge >= 0.3 is 11.9 Å². The summed E-state index contributed by atoms with van der Waals surface area (Å²) < 4.78 is 4.71. The fourth-order valence-electron chi connectivity index (χ4n) is 1.08. The number of carbonyl (C=O) groups is 2. The Kier molecular flexibility index (Phi) is 4.47. The van der Waals surface area contributed by atoms with Gasteiger partial charge in [0.05, 0.1) is 18.1 Å². The van der Waals surface area contributed by atoms with E-state index < -0.39 is 24.5 Å². The van der Waals surface area contributed by atoms with Crippen molar-refractivity contribution in [2.45, 2.75) is 12.5 Å². The highest BCUT2D eigenvalue weighted by molar-refractivity contribution is 5.89. The molecule has 1 aromatic rings. The second kappa shape index (κ2) is 5.87. The number of aliphatic hydroxyl groups is 1. The second-order valence-electron chi connectivity index (χ2n) is 3.19. The minimum Gasteiger partial charge on any atom is -0.459 e. The molecule has 5 heteroatoms. The van der Waals surface area contributed by atoms with Crippen molar-refractivity contribution in [3.05, 3.63) is 35.9 Å². The van der Waals surface area contributed by atoms with E-state index in [4.69, 9.17) is 9.84 Å². The number of esters is 1. The third kappa shape index (κ3) is 4.10. The van der Waals surface area contributed by atoms with Crippen LogP contribution in [0.4, 0.5) is 0 Å². The maximum atomic E-state index is 11.3. The Bertz CT molecular complexity index is 360. The van der Waals surface area contributed by atoms with Crippen molar-refractivity contribution >= 4 is 11.9 Å². The van der Waals surface area contributed by atoms with Crippen molar-refractivity contribution in [3.63, 3.8) is 0 Å². The van der Waals surface area contributed by atoms with Crippen molar-refractivity contribution in [2.75, 3.05) is 6.61 Å². The molecule has 5 nitrogen and oxygen atoms in total. The summed E-state index contributed by atoms with van der Waals surface area (Å²) in [7, 11) is 0. The van der Waals surface area contributed by atoms with E-state index in [1.807, 2.05) is 0 Å². The predicted molar refractivity (Wildman–Crippen MR) is 53.0 cm³/mol. The molecule has 0 spiro atoms. The van der Waals surface area contributed by atoms with E-state index in [9.17, 15) is 14.7 Å². The zero-order valence-electron chi connectivity index (χ0n) is 8.46. The van der Waals surface area contributed by atoms with E-state index >= 15 is 0 Å². The van der Waals surface area contributed by atoms with Crippen LogP contribution in [0.15, 0.2) is 30.3 Å². The van der Waals surface area contributed by atoms with Gasteiger partial charge in [-0.2, -0.15) is 0 Å². The van der Waals surface area contributed by atoms with E-state index in [2.05, 4.69) is 0 Å². The first kappa shape index (κ1) is 12.2. The van der Waals surface area contributed by atoms with Crippen LogP contribution >= 0.6 is 0 Å². The van der Waals surface area contributed by atoms with Crippen LogP contribution < -0.4 is 0 Å². The maximum absolute atomic E-state index is 11.3. The molecule has 1 atom stereocenters. The SMILES string of the molecule is [O]C(=O)CC(O)COC(=O)c1ccccc1. The lowest BCUT2D eigenvalue weighted by Gasteiger charge is -2.08. The molecule has 0 saturated heterocycles. The van der Waals surface area contributed by atoms with Gasteiger partial charge in [-0.1, -0.05) is 18.2 Å². The lowest BCUT2D eigenvalue weighted by atomic mass is 10.2. The number of ether oxygens (including phenoxy) is 1. The van der Waals surface area contributed by atoms with Crippen LogP contribution in [0, 0.1) is 0 Å². The fourth-order valence-corrected chi connectivity index (χ4v) is 1.08. The van der Waals surface area contributed by atoms with Crippen LogP contribution in [0.25, 0.3) is 0 Å². The van der Waals surface area contributed by atoms with Crippen LogP contribution in [-0.4, -0.2) is 29.8 Å². The summed E-state index contributed by atoms with van der Waals surface area (Å²) in [6, 6.07) is 8.23. The Balaban J connectivity index is 2.39. The highest BCUT2D eigenvalue weighted by Crippen LogP contribution is 2.02. The van der Waals surface area contributed by atoms with E-state index in [0.717, 1.165) is 0 Å². The Labute approximate surface area is 92.3 Å². The summed E-state index contributed by atoms with van der Waals surface area (Å²) in [5, 5.41) is 19.2. The number of hydrogen-bond donors (Lipinski definition) is 1. The van der Waals surface area contributed by atoms with Crippen LogP contribution in [-0.2, 0) is 14.6 Å². The molecule has 0 aliphatic heterocycles. The Morgan fingerprint density at radius 3 is 2.44 bits per heavy atom. The van der Waals surface area contributed by atoms with Crippen LogP contribution in [0.3, 0.4) is 0 Å². The molecule has 1 N–H and O–H groups in total. The molecule has 0 bridgehead atoms. The third-order valence-corrected chi connectivity index (χ3v) is 1.82. The summed E-state index contributed by atoms with van der Waals surface area (Å²) in [6.07, 6.45) is -1.79. The monoisotopic (exact) mass is 223 g/mol. The van der Waals surface area contributed by atoms with Gasteiger partial charge in [-0.25, -0.2) is 14.7 Å². The molecule has 85 valence electrons. The number of carbonyl (C=O) groups excluding carboxylic acids is 2. The van der Waals surface area contributed by atoms with Crippen molar-refractivity contribution in [3.8, 4) is 0 Å². The summed E-state index contributed by atoms with van der Waals surface area (Å²) in [5.74, 6) is -1.98. The predicted octanol–water partition coefficient (Wildman–Crippen LogP) is 0.552. The zero-order valence-corrected chi connectivity index (χ0v) is 8.46. The fraction of sp³-hybridized carbons (Fsp3) is 0.273. The average Bonchev–Trinajstić information content (AvgIpc) is 2.26. The van der Waals surface area contributed by atoms with Gasteiger partial charge in [0.2, 0.25) is 0 Å². The number of aliphatic hydroxyl groups excluding tert-OH is 1. The van der Waals surface area contributed by atoms with Gasteiger partial charge in [0.25, 0.3) is 0 Å². The van der Waals surface area contributed by atoms with E-state index in [0.29, 0.717) is 5.56 Å². The Hall–Kier alpha value is -1.88. The van der Waals surface area contributed by atoms with Crippen LogP contribution in [0.5, 0.6) is 0 Å². The van der Waals surface area contributed by atoms with E-state index in [1.54, 1.807) is 30.3 Å². The molecule has 1 unspecified atom stereocenters. The largest absolute Gasteiger partial charge is 0.459 e. The molecule has 0 aliphatic carbocycles. The topological polar surface area (TPSA) is 83.5 Å². The molecule has 0 aliphatic rings. The summed E-state index contributed by atoms with van der Waals surface area (Å²) in [4.78, 5) is 21.5. The lowest BCUT2D eigenvalue weighted by molar-refractivity contribution is -0.146. The van der Waals surface area contributed by atoms with Gasteiger partial charge in [0, 0.05) is 0 Å². The van der Waals surface area contributed by atoms with E-state index in [-0.39, 0.29) is 6.61 Å². The van der Waals surface area contributed by atoms with Crippen LogP contribution in [0.1, 0.15) is 16.8 Å². The van der Waals surface area contributed by atoms with Gasteiger partial charge in [-0.3, -0.25) is 0 Å². The molecular weight excluding hydrogens is 212 g/mol. The molecule has 0 fully saturated rings. The van der Waals surface area contributed by atoms with Gasteiger partial charge in [0.15, 0.2) is 0 Å². The Morgan fingerprint density at radius 1 is 1.25 bits per heavy atom. The third-order valence-electron chi connectivity index (χ3n) is 1.82. The molecule has 0 heterocycles. The van der Waals surface area contributed by atoms with Crippen molar-refractivity contribution in [1.82, 2.24) is 0 Å². The minimum atomic E-state index is -1.39. The van der Waals surface area contributed by atoms with Gasteiger partial charge < -0.3 is 9.84 Å². The summed E-state index contributed by atoms with van der Waals surface area (Å²) >= 11 is 0. The molecule has 1 rings (SSSR count). The number of hydrogen-bond acceptors (Lipinski definition) is 4. The number of rotatable bonds is 5. The first-order valence-corrected chi connectivity index (χ1v) is 4.69. The highest BCUT2D eigenvalue weighted by atomic mass is 16.5. The quantitative estimate of drug-likeness (QED) is 0.739. The van der Waals surface area contributed by atoms with Crippen molar-refractivity contribution < 1.29 is 24.5 Å². The first-order chi connectivity index (χ1) is 7.59. The minimum absolute atomic E-state index is 0.350. The Morgan fingerprint density at radius 2 is 1.88 bits per heavy atom. The molecule has 0 saturated carbocycles. The average molecular weight is 223 g/mol. The molecule has 0 aromatic heterocycles. The van der Waals surface area contributed by atoms with Crippen molar-refractivity contribution in [2.24, 2.45) is 0 Å². The van der Waals surface area contributed by atoms with Gasteiger partial charge in [-0.05, 0) is 12.1 Å². The smallest absolute Gasteiger partial charge is 0.358 e. The van der Waals surface area contributed by atoms with Gasteiger partial charge in [0.1, 0.15) is 6.61 Å². The van der Waals surface area contributed by atoms with Gasteiger partial charge in [-0.15, -0.1) is 0 Å². The highest BCUT2D eigenvalue weighted by Gasteiger charge is 2.14. The van der Waals surface area contributed by atoms with Crippen molar-refractivity contribution in [1.29, 1.82) is 0 Å². The second-order valence-corrected chi connectivity index (χ2v) is 3.19. The lowest BCUT2D eigenvalue weighted by Crippen LogP contribution is -2.21. The molecular formula is C11H11O5. The van der Waals surface area contributed by atoms with Crippen LogP contribution in [0.2, 0.25) is 0 Å². The standard InChI is InChI=1S/C11H11O5/c12-9(6-10(13)14)7-16-11(15)8-4-2-1-3-5-8/h1-5,9,12H,6-7H2. The zero-order chi connectivity index (χ0) is 12.0.